The van der Waals surface area contributed by atoms with Crippen molar-refractivity contribution < 1.29 is 13.2 Å². The molecule has 2 rings (SSSR count). The van der Waals surface area contributed by atoms with Crippen molar-refractivity contribution in [2.45, 2.75) is 26.3 Å². The number of nitrogens with two attached hydrogens (primary N) is 1. The van der Waals surface area contributed by atoms with Gasteiger partial charge in [-0.2, -0.15) is 0 Å². The maximum atomic E-state index is 14.0. The van der Waals surface area contributed by atoms with Gasteiger partial charge in [-0.05, 0) is 18.6 Å². The number of furan rings is 1. The highest BCUT2D eigenvalue weighted by atomic mass is 19.2. The largest absolute Gasteiger partial charge is 0.469 e. The number of hydrazine groups is 1. The molecule has 1 unspecified atom stereocenters. The summed E-state index contributed by atoms with van der Waals surface area (Å²) in [5, 5.41) is 0. The second-order valence-electron chi connectivity index (χ2n) is 4.35. The van der Waals surface area contributed by atoms with Gasteiger partial charge in [-0.25, -0.2) is 14.2 Å². The van der Waals surface area contributed by atoms with Crippen molar-refractivity contribution in [3.63, 3.8) is 0 Å². The molecular formula is C14H16F2N2O. The Hall–Kier alpha value is -1.72. The first-order chi connectivity index (χ1) is 9.10. The first-order valence-electron chi connectivity index (χ1n) is 6.07. The summed E-state index contributed by atoms with van der Waals surface area (Å²) in [6, 6.07) is 4.14. The number of benzene rings is 1. The van der Waals surface area contributed by atoms with Crippen LogP contribution in [0.2, 0.25) is 0 Å². The van der Waals surface area contributed by atoms with Crippen LogP contribution < -0.4 is 11.3 Å². The van der Waals surface area contributed by atoms with Gasteiger partial charge in [0.1, 0.15) is 5.76 Å². The summed E-state index contributed by atoms with van der Waals surface area (Å²) in [5.74, 6) is 4.46. The van der Waals surface area contributed by atoms with E-state index >= 15 is 0 Å². The lowest BCUT2D eigenvalue weighted by atomic mass is 9.97. The molecule has 0 aliphatic carbocycles. The van der Waals surface area contributed by atoms with Crippen LogP contribution in [-0.4, -0.2) is 0 Å². The minimum absolute atomic E-state index is 0.168. The van der Waals surface area contributed by atoms with Crippen LogP contribution in [0.1, 0.15) is 35.4 Å². The predicted molar refractivity (Wildman–Crippen MR) is 68.3 cm³/mol. The molecule has 3 N–H and O–H groups in total. The third-order valence-corrected chi connectivity index (χ3v) is 3.19. The van der Waals surface area contributed by atoms with E-state index in [9.17, 15) is 8.78 Å². The highest BCUT2D eigenvalue weighted by molar-refractivity contribution is 5.36. The maximum absolute atomic E-state index is 14.0. The summed E-state index contributed by atoms with van der Waals surface area (Å²) in [6.45, 7) is 3.43. The Morgan fingerprint density at radius 1 is 1.21 bits per heavy atom. The van der Waals surface area contributed by atoms with E-state index in [1.807, 2.05) is 6.92 Å². The van der Waals surface area contributed by atoms with Gasteiger partial charge < -0.3 is 4.42 Å². The highest BCUT2D eigenvalue weighted by Crippen LogP contribution is 2.29. The van der Waals surface area contributed by atoms with E-state index in [-0.39, 0.29) is 11.1 Å². The molecule has 0 aliphatic rings. The first-order valence-corrected chi connectivity index (χ1v) is 6.07. The molecule has 2 aromatic rings. The van der Waals surface area contributed by atoms with Crippen molar-refractivity contribution in [1.82, 2.24) is 5.43 Å². The number of aryl methyl sites for hydroxylation is 2. The zero-order valence-electron chi connectivity index (χ0n) is 10.8. The van der Waals surface area contributed by atoms with E-state index in [0.29, 0.717) is 17.7 Å². The number of nitrogens with one attached hydrogen (secondary N) is 1. The van der Waals surface area contributed by atoms with Gasteiger partial charge in [-0.15, -0.1) is 0 Å². The fraction of sp³-hybridized carbons (Fsp3) is 0.286. The third-order valence-electron chi connectivity index (χ3n) is 3.19. The molecule has 5 heteroatoms. The molecule has 0 bridgehead atoms. The van der Waals surface area contributed by atoms with Crippen molar-refractivity contribution in [3.05, 3.63) is 58.5 Å². The SMILES string of the molecule is CCc1occc1C(NN)c1ccc(C)c(F)c1F. The standard InChI is InChI=1S/C14H16F2N2O/c1-3-11-9(6-7-19-11)14(18-17)10-5-4-8(2)12(15)13(10)16/h4-7,14,18H,3,17H2,1-2H3. The lowest BCUT2D eigenvalue weighted by Crippen LogP contribution is -2.30. The molecule has 0 spiro atoms. The minimum Gasteiger partial charge on any atom is -0.469 e. The molecule has 102 valence electrons. The third kappa shape index (κ3) is 2.39. The van der Waals surface area contributed by atoms with Crippen molar-refractivity contribution >= 4 is 0 Å². The van der Waals surface area contributed by atoms with Gasteiger partial charge in [-0.3, -0.25) is 5.84 Å². The topological polar surface area (TPSA) is 51.2 Å². The molecule has 0 radical (unpaired) electrons. The lowest BCUT2D eigenvalue weighted by molar-refractivity contribution is 0.471. The summed E-state index contributed by atoms with van der Waals surface area (Å²) < 4.78 is 33.0. The minimum atomic E-state index is -0.883. The van der Waals surface area contributed by atoms with E-state index < -0.39 is 17.7 Å². The van der Waals surface area contributed by atoms with Crippen molar-refractivity contribution in [2.24, 2.45) is 5.84 Å². The second kappa shape index (κ2) is 5.50. The van der Waals surface area contributed by atoms with Crippen molar-refractivity contribution in [2.75, 3.05) is 0 Å². The molecule has 19 heavy (non-hydrogen) atoms. The second-order valence-corrected chi connectivity index (χ2v) is 4.35. The van der Waals surface area contributed by atoms with Crippen molar-refractivity contribution in [3.8, 4) is 0 Å². The number of hydrogen-bond acceptors (Lipinski definition) is 3. The van der Waals surface area contributed by atoms with Gasteiger partial charge in [0.05, 0.1) is 12.3 Å². The van der Waals surface area contributed by atoms with Crippen LogP contribution in [0, 0.1) is 18.6 Å². The molecule has 1 aromatic heterocycles. The fourth-order valence-electron chi connectivity index (χ4n) is 2.13. The molecule has 1 atom stereocenters. The van der Waals surface area contributed by atoms with E-state index in [1.165, 1.54) is 25.3 Å². The fourth-order valence-corrected chi connectivity index (χ4v) is 2.13. The maximum Gasteiger partial charge on any atom is 0.164 e. The van der Waals surface area contributed by atoms with E-state index in [4.69, 9.17) is 10.3 Å². The Balaban J connectivity index is 2.52. The van der Waals surface area contributed by atoms with E-state index in [1.54, 1.807) is 6.07 Å². The zero-order valence-corrected chi connectivity index (χ0v) is 10.8. The Morgan fingerprint density at radius 3 is 2.58 bits per heavy atom. The quantitative estimate of drug-likeness (QED) is 0.660. The molecular weight excluding hydrogens is 250 g/mol. The Kier molecular flexibility index (Phi) is 3.97. The highest BCUT2D eigenvalue weighted by Gasteiger charge is 2.23. The van der Waals surface area contributed by atoms with E-state index in [0.717, 1.165) is 0 Å². The predicted octanol–water partition coefficient (Wildman–Crippen LogP) is 2.98. The van der Waals surface area contributed by atoms with Crippen LogP contribution in [0.3, 0.4) is 0 Å². The molecule has 0 amide bonds. The summed E-state index contributed by atoms with van der Waals surface area (Å²) in [5.41, 5.74) is 3.66. The molecule has 1 aromatic carbocycles. The van der Waals surface area contributed by atoms with Gasteiger partial charge in [-0.1, -0.05) is 19.1 Å². The van der Waals surface area contributed by atoms with Crippen LogP contribution >= 0.6 is 0 Å². The normalized spacial score (nSPS) is 12.7. The summed E-state index contributed by atoms with van der Waals surface area (Å²) >= 11 is 0. The van der Waals surface area contributed by atoms with Gasteiger partial charge >= 0.3 is 0 Å². The number of halogens is 2. The van der Waals surface area contributed by atoms with Crippen LogP contribution in [-0.2, 0) is 6.42 Å². The monoisotopic (exact) mass is 266 g/mol. The van der Waals surface area contributed by atoms with E-state index in [2.05, 4.69) is 5.43 Å². The van der Waals surface area contributed by atoms with Gasteiger partial charge in [0, 0.05) is 17.5 Å². The van der Waals surface area contributed by atoms with Crippen LogP contribution in [0.15, 0.2) is 28.9 Å². The summed E-state index contributed by atoms with van der Waals surface area (Å²) in [4.78, 5) is 0. The smallest absolute Gasteiger partial charge is 0.164 e. The first kappa shape index (κ1) is 13.7. The zero-order chi connectivity index (χ0) is 14.0. The number of hydrogen-bond donors (Lipinski definition) is 2. The van der Waals surface area contributed by atoms with Crippen LogP contribution in [0.4, 0.5) is 8.78 Å². The van der Waals surface area contributed by atoms with Gasteiger partial charge in [0.15, 0.2) is 11.6 Å². The molecule has 3 nitrogen and oxygen atoms in total. The lowest BCUT2D eigenvalue weighted by Gasteiger charge is -2.17. The molecule has 0 aliphatic heterocycles. The summed E-state index contributed by atoms with van der Waals surface area (Å²) in [6.07, 6.45) is 2.16. The number of rotatable bonds is 4. The molecule has 0 saturated heterocycles. The van der Waals surface area contributed by atoms with Crippen molar-refractivity contribution in [1.29, 1.82) is 0 Å². The average molecular weight is 266 g/mol. The summed E-state index contributed by atoms with van der Waals surface area (Å²) in [7, 11) is 0. The van der Waals surface area contributed by atoms with Gasteiger partial charge in [0.25, 0.3) is 0 Å². The average Bonchev–Trinajstić information content (AvgIpc) is 2.88. The van der Waals surface area contributed by atoms with Crippen LogP contribution in [0.5, 0.6) is 0 Å². The molecule has 0 fully saturated rings. The Labute approximate surface area is 110 Å². The molecule has 0 saturated carbocycles. The van der Waals surface area contributed by atoms with Crippen LogP contribution in [0.25, 0.3) is 0 Å². The van der Waals surface area contributed by atoms with Gasteiger partial charge in [0.2, 0.25) is 0 Å². The molecule has 1 heterocycles. The Bertz CT molecular complexity index is 581. The Morgan fingerprint density at radius 2 is 1.95 bits per heavy atom.